The highest BCUT2D eigenvalue weighted by molar-refractivity contribution is 7.08. The van der Waals surface area contributed by atoms with Crippen molar-refractivity contribution in [1.82, 2.24) is 5.43 Å². The molecule has 0 saturated carbocycles. The lowest BCUT2D eigenvalue weighted by Crippen LogP contribution is -2.28. The largest absolute Gasteiger partial charge is 0.271 e. The van der Waals surface area contributed by atoms with Crippen molar-refractivity contribution >= 4 is 22.9 Å². The number of benzene rings is 1. The van der Waals surface area contributed by atoms with E-state index in [-0.39, 0.29) is 6.04 Å². The van der Waals surface area contributed by atoms with Gasteiger partial charge in [-0.25, -0.2) is 5.43 Å². The number of thiophene rings is 1. The second-order valence-electron chi connectivity index (χ2n) is 3.63. The smallest absolute Gasteiger partial charge is 0.0732 e. The molecular formula is C12H13ClN2S. The van der Waals surface area contributed by atoms with E-state index in [0.29, 0.717) is 0 Å². The second kappa shape index (κ2) is 4.97. The molecule has 2 rings (SSSR count). The van der Waals surface area contributed by atoms with Gasteiger partial charge in [0.25, 0.3) is 0 Å². The highest BCUT2D eigenvalue weighted by atomic mass is 35.5. The number of halogens is 1. The molecular weight excluding hydrogens is 240 g/mol. The van der Waals surface area contributed by atoms with Gasteiger partial charge < -0.3 is 0 Å². The Morgan fingerprint density at radius 3 is 2.81 bits per heavy atom. The Morgan fingerprint density at radius 2 is 2.19 bits per heavy atom. The van der Waals surface area contributed by atoms with Gasteiger partial charge in [-0.3, -0.25) is 5.84 Å². The molecule has 2 aromatic rings. The van der Waals surface area contributed by atoms with Gasteiger partial charge in [0.1, 0.15) is 0 Å². The quantitative estimate of drug-likeness (QED) is 0.650. The van der Waals surface area contributed by atoms with Gasteiger partial charge in [-0.2, -0.15) is 11.3 Å². The van der Waals surface area contributed by atoms with Crippen molar-refractivity contribution in [3.05, 3.63) is 56.7 Å². The topological polar surface area (TPSA) is 38.0 Å². The molecule has 1 aromatic heterocycles. The van der Waals surface area contributed by atoms with Crippen molar-refractivity contribution in [2.75, 3.05) is 0 Å². The number of hydrogen-bond donors (Lipinski definition) is 2. The number of nitrogens with one attached hydrogen (secondary N) is 1. The fourth-order valence-electron chi connectivity index (χ4n) is 1.70. The third-order valence-corrected chi connectivity index (χ3v) is 3.79. The van der Waals surface area contributed by atoms with Gasteiger partial charge in [-0.15, -0.1) is 0 Å². The molecule has 1 atom stereocenters. The fraction of sp³-hybridized carbons (Fsp3) is 0.167. The molecule has 1 unspecified atom stereocenters. The van der Waals surface area contributed by atoms with E-state index in [4.69, 9.17) is 17.4 Å². The molecule has 0 aliphatic heterocycles. The highest BCUT2D eigenvalue weighted by Crippen LogP contribution is 2.30. The van der Waals surface area contributed by atoms with Crippen LogP contribution in [0.5, 0.6) is 0 Å². The summed E-state index contributed by atoms with van der Waals surface area (Å²) in [5.41, 5.74) is 6.03. The van der Waals surface area contributed by atoms with Crippen LogP contribution in [0.4, 0.5) is 0 Å². The number of rotatable bonds is 3. The Morgan fingerprint density at radius 1 is 1.38 bits per heavy atom. The van der Waals surface area contributed by atoms with Crippen molar-refractivity contribution in [2.45, 2.75) is 13.0 Å². The molecule has 1 heterocycles. The van der Waals surface area contributed by atoms with Gasteiger partial charge in [0.15, 0.2) is 0 Å². The standard InChI is InChI=1S/C12H13ClN2S/c1-8-3-2-4-10(11(8)13)12(15-14)9-5-6-16-7-9/h2-7,12,15H,14H2,1H3. The summed E-state index contributed by atoms with van der Waals surface area (Å²) < 4.78 is 0. The normalized spacial score (nSPS) is 12.7. The molecule has 4 heteroatoms. The Hall–Kier alpha value is -0.870. The molecule has 0 amide bonds. The Kier molecular flexibility index (Phi) is 3.61. The minimum Gasteiger partial charge on any atom is -0.271 e. The van der Waals surface area contributed by atoms with Crippen LogP contribution in [0, 0.1) is 6.92 Å². The van der Waals surface area contributed by atoms with Crippen LogP contribution < -0.4 is 11.3 Å². The summed E-state index contributed by atoms with van der Waals surface area (Å²) in [4.78, 5) is 0. The third-order valence-electron chi connectivity index (χ3n) is 2.58. The van der Waals surface area contributed by atoms with Crippen LogP contribution in [0.3, 0.4) is 0 Å². The molecule has 3 N–H and O–H groups in total. The van der Waals surface area contributed by atoms with E-state index in [1.807, 2.05) is 36.6 Å². The predicted molar refractivity (Wildman–Crippen MR) is 69.7 cm³/mol. The predicted octanol–water partition coefficient (Wildman–Crippen LogP) is 3.26. The first-order valence-electron chi connectivity index (χ1n) is 4.97. The van der Waals surface area contributed by atoms with E-state index in [1.165, 1.54) is 0 Å². The third kappa shape index (κ3) is 2.13. The van der Waals surface area contributed by atoms with Crippen LogP contribution >= 0.6 is 22.9 Å². The zero-order valence-electron chi connectivity index (χ0n) is 8.91. The fourth-order valence-corrected chi connectivity index (χ4v) is 2.62. The Bertz CT molecular complexity index is 468. The van der Waals surface area contributed by atoms with Gasteiger partial charge in [-0.05, 0) is 40.4 Å². The lowest BCUT2D eigenvalue weighted by Gasteiger charge is -2.17. The minimum atomic E-state index is -0.0429. The van der Waals surface area contributed by atoms with Crippen LogP contribution in [-0.2, 0) is 0 Å². The minimum absolute atomic E-state index is 0.0429. The maximum Gasteiger partial charge on any atom is 0.0732 e. The molecule has 0 bridgehead atoms. The molecule has 0 spiro atoms. The van der Waals surface area contributed by atoms with Gasteiger partial charge in [0, 0.05) is 5.02 Å². The first-order valence-corrected chi connectivity index (χ1v) is 6.29. The molecule has 0 fully saturated rings. The van der Waals surface area contributed by atoms with Crippen molar-refractivity contribution in [2.24, 2.45) is 5.84 Å². The molecule has 0 aliphatic rings. The first-order chi connectivity index (χ1) is 7.74. The SMILES string of the molecule is Cc1cccc(C(NN)c2ccsc2)c1Cl. The molecule has 0 aliphatic carbocycles. The summed E-state index contributed by atoms with van der Waals surface area (Å²) in [7, 11) is 0. The summed E-state index contributed by atoms with van der Waals surface area (Å²) in [6.07, 6.45) is 0. The zero-order valence-corrected chi connectivity index (χ0v) is 10.5. The number of aryl methyl sites for hydroxylation is 1. The van der Waals surface area contributed by atoms with Crippen LogP contribution in [0.1, 0.15) is 22.7 Å². The lowest BCUT2D eigenvalue weighted by atomic mass is 10.00. The maximum absolute atomic E-state index is 6.29. The Labute approximate surface area is 104 Å². The van der Waals surface area contributed by atoms with Gasteiger partial charge >= 0.3 is 0 Å². The summed E-state index contributed by atoms with van der Waals surface area (Å²) in [6.45, 7) is 1.99. The summed E-state index contributed by atoms with van der Waals surface area (Å²) >= 11 is 7.94. The van der Waals surface area contributed by atoms with E-state index >= 15 is 0 Å². The molecule has 84 valence electrons. The van der Waals surface area contributed by atoms with E-state index < -0.39 is 0 Å². The summed E-state index contributed by atoms with van der Waals surface area (Å²) in [6, 6.07) is 7.99. The maximum atomic E-state index is 6.29. The van der Waals surface area contributed by atoms with E-state index in [0.717, 1.165) is 21.7 Å². The van der Waals surface area contributed by atoms with Crippen LogP contribution in [0.15, 0.2) is 35.0 Å². The van der Waals surface area contributed by atoms with Crippen molar-refractivity contribution < 1.29 is 0 Å². The van der Waals surface area contributed by atoms with Crippen molar-refractivity contribution in [3.8, 4) is 0 Å². The molecule has 0 saturated heterocycles. The van der Waals surface area contributed by atoms with Gasteiger partial charge in [0.05, 0.1) is 6.04 Å². The van der Waals surface area contributed by atoms with Crippen LogP contribution in [-0.4, -0.2) is 0 Å². The van der Waals surface area contributed by atoms with E-state index in [9.17, 15) is 0 Å². The summed E-state index contributed by atoms with van der Waals surface area (Å²) in [5.74, 6) is 5.61. The average Bonchev–Trinajstić information content (AvgIpc) is 2.79. The monoisotopic (exact) mass is 252 g/mol. The molecule has 2 nitrogen and oxygen atoms in total. The Balaban J connectivity index is 2.45. The molecule has 16 heavy (non-hydrogen) atoms. The van der Waals surface area contributed by atoms with Crippen molar-refractivity contribution in [1.29, 1.82) is 0 Å². The summed E-state index contributed by atoms with van der Waals surface area (Å²) in [5, 5.41) is 4.88. The first kappa shape index (κ1) is 11.6. The lowest BCUT2D eigenvalue weighted by molar-refractivity contribution is 0.638. The van der Waals surface area contributed by atoms with Gasteiger partial charge in [0.2, 0.25) is 0 Å². The number of nitrogens with two attached hydrogens (primary N) is 1. The number of hydrazine groups is 1. The van der Waals surface area contributed by atoms with E-state index in [1.54, 1.807) is 11.3 Å². The molecule has 1 aromatic carbocycles. The average molecular weight is 253 g/mol. The van der Waals surface area contributed by atoms with E-state index in [2.05, 4.69) is 10.8 Å². The van der Waals surface area contributed by atoms with Crippen molar-refractivity contribution in [3.63, 3.8) is 0 Å². The number of hydrogen-bond acceptors (Lipinski definition) is 3. The second-order valence-corrected chi connectivity index (χ2v) is 4.79. The van der Waals surface area contributed by atoms with Crippen LogP contribution in [0.2, 0.25) is 5.02 Å². The van der Waals surface area contributed by atoms with Gasteiger partial charge in [-0.1, -0.05) is 29.8 Å². The zero-order chi connectivity index (χ0) is 11.5. The highest BCUT2D eigenvalue weighted by Gasteiger charge is 2.16. The van der Waals surface area contributed by atoms with Crippen LogP contribution in [0.25, 0.3) is 0 Å². The molecule has 0 radical (unpaired) electrons.